The molecule has 4 heterocycles. The maximum atomic E-state index is 12.4. The molecule has 2 fully saturated rings. The zero-order chi connectivity index (χ0) is 15.3. The maximum absolute atomic E-state index is 12.4. The molecule has 0 aromatic carbocycles. The van der Waals surface area contributed by atoms with Gasteiger partial charge in [-0.25, -0.2) is 4.98 Å². The van der Waals surface area contributed by atoms with Crippen molar-refractivity contribution in [3.05, 3.63) is 24.0 Å². The Morgan fingerprint density at radius 3 is 2.95 bits per heavy atom. The van der Waals surface area contributed by atoms with E-state index >= 15 is 0 Å². The first-order chi connectivity index (χ1) is 10.6. The van der Waals surface area contributed by atoms with Gasteiger partial charge in [0.1, 0.15) is 5.69 Å². The molecule has 2 N–H and O–H groups in total. The van der Waals surface area contributed by atoms with Crippen LogP contribution in [0.5, 0.6) is 0 Å². The highest BCUT2D eigenvalue weighted by Crippen LogP contribution is 2.29. The smallest absolute Gasteiger partial charge is 0.270 e. The fraction of sp³-hybridized carbons (Fsp3) is 0.500. The predicted octanol–water partition coefficient (Wildman–Crippen LogP) is 1.52. The van der Waals surface area contributed by atoms with Gasteiger partial charge in [-0.15, -0.1) is 0 Å². The van der Waals surface area contributed by atoms with Crippen molar-refractivity contribution in [2.45, 2.75) is 37.4 Å². The average molecular weight is 300 g/mol. The van der Waals surface area contributed by atoms with E-state index in [2.05, 4.69) is 15.6 Å². The van der Waals surface area contributed by atoms with Crippen molar-refractivity contribution < 1.29 is 9.21 Å². The SMILES string of the molecule is CN(C)c1cc2cc(C(=O)N[C@@H]3C[C@H]4CC[C@@H]3N4)ncc2o1. The van der Waals surface area contributed by atoms with E-state index in [0.717, 1.165) is 24.1 Å². The summed E-state index contributed by atoms with van der Waals surface area (Å²) in [7, 11) is 3.84. The van der Waals surface area contributed by atoms with E-state index in [9.17, 15) is 4.79 Å². The van der Waals surface area contributed by atoms with Gasteiger partial charge in [-0.2, -0.15) is 0 Å². The number of fused-ring (bicyclic) bond motifs is 3. The van der Waals surface area contributed by atoms with E-state index in [4.69, 9.17) is 4.42 Å². The Bertz CT molecular complexity index is 724. The lowest BCUT2D eigenvalue weighted by Crippen LogP contribution is -2.43. The van der Waals surface area contributed by atoms with E-state index in [1.165, 1.54) is 6.42 Å². The van der Waals surface area contributed by atoms with Gasteiger partial charge in [-0.1, -0.05) is 0 Å². The topological polar surface area (TPSA) is 70.4 Å². The van der Waals surface area contributed by atoms with E-state index in [-0.39, 0.29) is 11.9 Å². The first-order valence-corrected chi connectivity index (χ1v) is 7.74. The second-order valence-corrected chi connectivity index (χ2v) is 6.45. The number of furan rings is 1. The highest BCUT2D eigenvalue weighted by Gasteiger charge is 2.39. The molecule has 2 aliphatic rings. The lowest BCUT2D eigenvalue weighted by Gasteiger charge is -2.21. The quantitative estimate of drug-likeness (QED) is 0.899. The van der Waals surface area contributed by atoms with Crippen LogP contribution in [0.1, 0.15) is 29.8 Å². The Morgan fingerprint density at radius 2 is 2.27 bits per heavy atom. The highest BCUT2D eigenvalue weighted by atomic mass is 16.4. The number of pyridine rings is 1. The minimum Gasteiger partial charge on any atom is -0.439 e. The molecule has 0 radical (unpaired) electrons. The van der Waals surface area contributed by atoms with E-state index in [1.807, 2.05) is 25.1 Å². The normalized spacial score (nSPS) is 26.5. The number of nitrogens with zero attached hydrogens (tertiary/aromatic N) is 2. The van der Waals surface area contributed by atoms with Crippen molar-refractivity contribution in [1.82, 2.24) is 15.6 Å². The van der Waals surface area contributed by atoms with Gasteiger partial charge in [0, 0.05) is 43.7 Å². The fourth-order valence-electron chi connectivity index (χ4n) is 3.50. The third-order valence-electron chi connectivity index (χ3n) is 4.68. The van der Waals surface area contributed by atoms with Crippen LogP contribution in [0.15, 0.2) is 22.7 Å². The van der Waals surface area contributed by atoms with Crippen LogP contribution >= 0.6 is 0 Å². The number of anilines is 1. The molecule has 2 aliphatic heterocycles. The van der Waals surface area contributed by atoms with Crippen LogP contribution in [-0.2, 0) is 0 Å². The van der Waals surface area contributed by atoms with Gasteiger partial charge >= 0.3 is 0 Å². The minimum absolute atomic E-state index is 0.103. The first-order valence-electron chi connectivity index (χ1n) is 7.74. The van der Waals surface area contributed by atoms with Gasteiger partial charge in [-0.3, -0.25) is 4.79 Å². The molecular weight excluding hydrogens is 280 g/mol. The molecule has 4 rings (SSSR count). The number of hydrogen-bond acceptors (Lipinski definition) is 5. The van der Waals surface area contributed by atoms with Gasteiger partial charge in [-0.05, 0) is 25.3 Å². The number of carbonyl (C=O) groups excluding carboxylic acids is 1. The second-order valence-electron chi connectivity index (χ2n) is 6.45. The molecule has 2 bridgehead atoms. The molecule has 0 saturated carbocycles. The Hall–Kier alpha value is -2.08. The number of hydrogen-bond donors (Lipinski definition) is 2. The monoisotopic (exact) mass is 300 g/mol. The molecular formula is C16H20N4O2. The summed E-state index contributed by atoms with van der Waals surface area (Å²) in [5, 5.41) is 7.54. The van der Waals surface area contributed by atoms with Gasteiger partial charge in [0.25, 0.3) is 5.91 Å². The van der Waals surface area contributed by atoms with Gasteiger partial charge in [0.05, 0.1) is 6.20 Å². The molecule has 2 aromatic heterocycles. The van der Waals surface area contributed by atoms with Gasteiger partial charge in [0.2, 0.25) is 0 Å². The Labute approximate surface area is 128 Å². The largest absolute Gasteiger partial charge is 0.439 e. The Balaban J connectivity index is 1.54. The van der Waals surface area contributed by atoms with Crippen LogP contribution in [-0.4, -0.2) is 43.1 Å². The van der Waals surface area contributed by atoms with E-state index < -0.39 is 0 Å². The molecule has 2 aromatic rings. The van der Waals surface area contributed by atoms with Crippen molar-refractivity contribution in [1.29, 1.82) is 0 Å². The molecule has 0 aliphatic carbocycles. The summed E-state index contributed by atoms with van der Waals surface area (Å²) in [6.07, 6.45) is 5.02. The molecule has 3 atom stereocenters. The van der Waals surface area contributed by atoms with Crippen molar-refractivity contribution in [3.63, 3.8) is 0 Å². The summed E-state index contributed by atoms with van der Waals surface area (Å²) < 4.78 is 5.66. The molecule has 1 amide bonds. The summed E-state index contributed by atoms with van der Waals surface area (Å²) in [6.45, 7) is 0. The highest BCUT2D eigenvalue weighted by molar-refractivity contribution is 5.96. The van der Waals surface area contributed by atoms with Crippen LogP contribution in [0.2, 0.25) is 0 Å². The summed E-state index contributed by atoms with van der Waals surface area (Å²) in [5.41, 5.74) is 1.14. The third kappa shape index (κ3) is 2.23. The Kier molecular flexibility index (Phi) is 3.07. The Morgan fingerprint density at radius 1 is 1.41 bits per heavy atom. The van der Waals surface area contributed by atoms with Crippen molar-refractivity contribution in [2.24, 2.45) is 0 Å². The first kappa shape index (κ1) is 13.6. The van der Waals surface area contributed by atoms with Crippen LogP contribution in [0.3, 0.4) is 0 Å². The second kappa shape index (κ2) is 4.98. The molecule has 22 heavy (non-hydrogen) atoms. The van der Waals surface area contributed by atoms with E-state index in [1.54, 1.807) is 12.3 Å². The molecule has 0 spiro atoms. The summed E-state index contributed by atoms with van der Waals surface area (Å²) in [4.78, 5) is 18.5. The molecule has 0 unspecified atom stereocenters. The predicted molar refractivity (Wildman–Crippen MR) is 84.2 cm³/mol. The zero-order valence-corrected chi connectivity index (χ0v) is 12.8. The summed E-state index contributed by atoms with van der Waals surface area (Å²) >= 11 is 0. The zero-order valence-electron chi connectivity index (χ0n) is 12.8. The van der Waals surface area contributed by atoms with Crippen LogP contribution in [0.4, 0.5) is 5.88 Å². The third-order valence-corrected chi connectivity index (χ3v) is 4.68. The van der Waals surface area contributed by atoms with Gasteiger partial charge in [0.15, 0.2) is 11.5 Å². The summed E-state index contributed by atoms with van der Waals surface area (Å²) in [6, 6.07) is 4.94. The number of amides is 1. The van der Waals surface area contributed by atoms with Crippen LogP contribution in [0.25, 0.3) is 11.0 Å². The van der Waals surface area contributed by atoms with Crippen LogP contribution in [0, 0.1) is 0 Å². The van der Waals surface area contributed by atoms with Gasteiger partial charge < -0.3 is 20.0 Å². The molecule has 116 valence electrons. The van der Waals surface area contributed by atoms with E-state index in [0.29, 0.717) is 23.4 Å². The standard InChI is InChI=1S/C16H20N4O2/c1-20(2)15-6-9-5-13(17-8-14(9)22-15)16(21)19-12-7-10-3-4-11(12)18-10/h5-6,8,10-12,18H,3-4,7H2,1-2H3,(H,19,21)/t10-,11+,12-/m1/s1. The number of nitrogens with one attached hydrogen (secondary N) is 2. The number of rotatable bonds is 3. The molecule has 6 heteroatoms. The fourth-order valence-corrected chi connectivity index (χ4v) is 3.50. The van der Waals surface area contributed by atoms with Crippen LogP contribution < -0.4 is 15.5 Å². The minimum atomic E-state index is -0.103. The lowest BCUT2D eigenvalue weighted by atomic mass is 9.95. The van der Waals surface area contributed by atoms with Crippen molar-refractivity contribution in [2.75, 3.05) is 19.0 Å². The number of carbonyl (C=O) groups is 1. The van der Waals surface area contributed by atoms with Crippen molar-refractivity contribution >= 4 is 22.8 Å². The van der Waals surface area contributed by atoms with Crippen molar-refractivity contribution in [3.8, 4) is 0 Å². The lowest BCUT2D eigenvalue weighted by molar-refractivity contribution is 0.0926. The molecule has 2 saturated heterocycles. The number of aromatic nitrogens is 1. The molecule has 6 nitrogen and oxygen atoms in total. The average Bonchev–Trinajstić information content (AvgIpc) is 3.20. The summed E-state index contributed by atoms with van der Waals surface area (Å²) in [5.74, 6) is 0.653. The maximum Gasteiger partial charge on any atom is 0.270 e.